The van der Waals surface area contributed by atoms with E-state index in [-0.39, 0.29) is 29.1 Å². The summed E-state index contributed by atoms with van der Waals surface area (Å²) in [5.41, 5.74) is -1.11. The lowest BCUT2D eigenvalue weighted by atomic mass is 10.1. The minimum absolute atomic E-state index is 0.0423. The second-order valence-electron chi connectivity index (χ2n) is 6.14. The van der Waals surface area contributed by atoms with Crippen molar-refractivity contribution in [3.8, 4) is 11.4 Å². The largest absolute Gasteiger partial charge is 0.420 e. The lowest BCUT2D eigenvalue weighted by Gasteiger charge is -2.31. The monoisotopic (exact) mass is 404 g/mol. The first-order chi connectivity index (χ1) is 12.7. The molecule has 0 amide bonds. The second-order valence-corrected chi connectivity index (χ2v) is 8.39. The summed E-state index contributed by atoms with van der Waals surface area (Å²) >= 11 is 0. The van der Waals surface area contributed by atoms with E-state index in [4.69, 9.17) is 0 Å². The van der Waals surface area contributed by atoms with E-state index in [1.54, 1.807) is 6.92 Å². The standard InChI is InChI=1S/C15H19F3N6O2S/c1-2-27(25,26)24-5-3-10(4-6-24)22-14-20-7-11(15(16,17)18)13(23-14)12-8-19-9-21-12/h7-10H,2-6H2,1H3,(H,19,21)(H,20,22,23). The molecule has 3 heterocycles. The van der Waals surface area contributed by atoms with Crippen molar-refractivity contribution < 1.29 is 21.6 Å². The Balaban J connectivity index is 1.76. The highest BCUT2D eigenvalue weighted by molar-refractivity contribution is 7.89. The van der Waals surface area contributed by atoms with Crippen molar-refractivity contribution >= 4 is 16.0 Å². The zero-order valence-electron chi connectivity index (χ0n) is 14.5. The molecular formula is C15H19F3N6O2S. The van der Waals surface area contributed by atoms with Gasteiger partial charge in [0.1, 0.15) is 11.3 Å². The SMILES string of the molecule is CCS(=O)(=O)N1CCC(Nc2ncc(C(F)(F)F)c(-c3cnc[nH]3)n2)CC1. The number of aromatic nitrogens is 4. The normalized spacial score (nSPS) is 17.2. The van der Waals surface area contributed by atoms with Crippen LogP contribution < -0.4 is 5.32 Å². The van der Waals surface area contributed by atoms with Crippen molar-refractivity contribution in [3.05, 3.63) is 24.3 Å². The van der Waals surface area contributed by atoms with Crippen molar-refractivity contribution in [3.63, 3.8) is 0 Å². The van der Waals surface area contributed by atoms with Crippen molar-refractivity contribution in [1.82, 2.24) is 24.2 Å². The molecule has 1 fully saturated rings. The number of hydrogen-bond donors (Lipinski definition) is 2. The number of imidazole rings is 1. The van der Waals surface area contributed by atoms with Crippen molar-refractivity contribution in [2.45, 2.75) is 32.0 Å². The van der Waals surface area contributed by atoms with Crippen LogP contribution in [0.1, 0.15) is 25.3 Å². The Morgan fingerprint density at radius 2 is 2.00 bits per heavy atom. The van der Waals surface area contributed by atoms with Gasteiger partial charge in [-0.15, -0.1) is 0 Å². The molecule has 0 bridgehead atoms. The molecule has 1 aliphatic rings. The number of alkyl halides is 3. The number of H-pyrrole nitrogens is 1. The molecule has 148 valence electrons. The number of aromatic amines is 1. The zero-order valence-corrected chi connectivity index (χ0v) is 15.3. The zero-order chi connectivity index (χ0) is 19.7. The van der Waals surface area contributed by atoms with E-state index in [1.807, 2.05) is 0 Å². The van der Waals surface area contributed by atoms with E-state index in [9.17, 15) is 21.6 Å². The van der Waals surface area contributed by atoms with E-state index >= 15 is 0 Å². The van der Waals surface area contributed by atoms with E-state index in [0.717, 1.165) is 6.20 Å². The molecule has 2 N–H and O–H groups in total. The first-order valence-electron chi connectivity index (χ1n) is 8.38. The smallest absolute Gasteiger partial charge is 0.351 e. The van der Waals surface area contributed by atoms with Crippen LogP contribution in [0, 0.1) is 0 Å². The molecule has 2 aromatic rings. The highest BCUT2D eigenvalue weighted by atomic mass is 32.2. The maximum atomic E-state index is 13.2. The van der Waals surface area contributed by atoms with Gasteiger partial charge in [0, 0.05) is 25.3 Å². The third-order valence-electron chi connectivity index (χ3n) is 4.39. The number of nitrogens with one attached hydrogen (secondary N) is 2. The highest BCUT2D eigenvalue weighted by Gasteiger charge is 2.36. The maximum Gasteiger partial charge on any atom is 0.420 e. The summed E-state index contributed by atoms with van der Waals surface area (Å²) < 4.78 is 64.9. The number of halogens is 3. The summed E-state index contributed by atoms with van der Waals surface area (Å²) in [6, 6.07) is -0.125. The van der Waals surface area contributed by atoms with Gasteiger partial charge in [-0.25, -0.2) is 27.7 Å². The summed E-state index contributed by atoms with van der Waals surface area (Å²) in [5.74, 6) is 0.102. The number of anilines is 1. The van der Waals surface area contributed by atoms with Crippen LogP contribution >= 0.6 is 0 Å². The van der Waals surface area contributed by atoms with E-state index in [2.05, 4.69) is 25.3 Å². The summed E-state index contributed by atoms with van der Waals surface area (Å²) in [5, 5.41) is 3.01. The molecule has 12 heteroatoms. The molecule has 0 aromatic carbocycles. The van der Waals surface area contributed by atoms with E-state index in [0.29, 0.717) is 25.9 Å². The minimum atomic E-state index is -4.60. The van der Waals surface area contributed by atoms with Crippen LogP contribution in [0.15, 0.2) is 18.7 Å². The number of sulfonamides is 1. The van der Waals surface area contributed by atoms with Crippen molar-refractivity contribution in [2.24, 2.45) is 0 Å². The molecular weight excluding hydrogens is 385 g/mol. The summed E-state index contributed by atoms with van der Waals surface area (Å²) in [7, 11) is -3.24. The van der Waals surface area contributed by atoms with Gasteiger partial charge in [0.25, 0.3) is 0 Å². The van der Waals surface area contributed by atoms with Gasteiger partial charge in [0.15, 0.2) is 0 Å². The third-order valence-corrected chi connectivity index (χ3v) is 6.27. The van der Waals surface area contributed by atoms with Crippen LogP contribution in [0.5, 0.6) is 0 Å². The fourth-order valence-electron chi connectivity index (χ4n) is 2.89. The number of nitrogens with zero attached hydrogens (tertiary/aromatic N) is 4. The fourth-order valence-corrected chi connectivity index (χ4v) is 4.03. The van der Waals surface area contributed by atoms with Crippen LogP contribution in [0.25, 0.3) is 11.4 Å². The van der Waals surface area contributed by atoms with Gasteiger partial charge in [0.2, 0.25) is 16.0 Å². The van der Waals surface area contributed by atoms with Crippen LogP contribution in [-0.4, -0.2) is 57.5 Å². The molecule has 0 aliphatic carbocycles. The molecule has 0 unspecified atom stereocenters. The van der Waals surface area contributed by atoms with Gasteiger partial charge in [0.05, 0.1) is 24.0 Å². The van der Waals surface area contributed by atoms with Gasteiger partial charge >= 0.3 is 6.18 Å². The molecule has 2 aromatic heterocycles. The predicted octanol–water partition coefficient (Wildman–Crippen LogP) is 2.11. The van der Waals surface area contributed by atoms with E-state index in [1.165, 1.54) is 16.8 Å². The minimum Gasteiger partial charge on any atom is -0.351 e. The van der Waals surface area contributed by atoms with Gasteiger partial charge < -0.3 is 10.3 Å². The Bertz CT molecular complexity index is 877. The Labute approximate surface area is 154 Å². The topological polar surface area (TPSA) is 104 Å². The molecule has 27 heavy (non-hydrogen) atoms. The summed E-state index contributed by atoms with van der Waals surface area (Å²) in [6.45, 7) is 2.29. The molecule has 8 nitrogen and oxygen atoms in total. The predicted molar refractivity (Wildman–Crippen MR) is 92.3 cm³/mol. The van der Waals surface area contributed by atoms with Gasteiger partial charge in [-0.3, -0.25) is 0 Å². The lowest BCUT2D eigenvalue weighted by Crippen LogP contribution is -2.43. The van der Waals surface area contributed by atoms with Gasteiger partial charge in [-0.1, -0.05) is 0 Å². The molecule has 1 saturated heterocycles. The number of hydrogen-bond acceptors (Lipinski definition) is 6. The molecule has 0 atom stereocenters. The van der Waals surface area contributed by atoms with Crippen molar-refractivity contribution in [2.75, 3.05) is 24.2 Å². The van der Waals surface area contributed by atoms with Gasteiger partial charge in [-0.05, 0) is 19.8 Å². The average Bonchev–Trinajstić information content (AvgIpc) is 3.16. The molecule has 3 rings (SSSR count). The Hall–Kier alpha value is -2.21. The Morgan fingerprint density at radius 3 is 2.56 bits per heavy atom. The molecule has 0 saturated carbocycles. The molecule has 1 aliphatic heterocycles. The van der Waals surface area contributed by atoms with Crippen molar-refractivity contribution in [1.29, 1.82) is 0 Å². The van der Waals surface area contributed by atoms with E-state index < -0.39 is 21.8 Å². The van der Waals surface area contributed by atoms with Crippen LogP contribution in [0.2, 0.25) is 0 Å². The lowest BCUT2D eigenvalue weighted by molar-refractivity contribution is -0.137. The first-order valence-corrected chi connectivity index (χ1v) is 9.99. The van der Waals surface area contributed by atoms with Crippen LogP contribution in [0.3, 0.4) is 0 Å². The highest BCUT2D eigenvalue weighted by Crippen LogP contribution is 2.35. The summed E-state index contributed by atoms with van der Waals surface area (Å²) in [6.07, 6.45) is -0.295. The second kappa shape index (κ2) is 7.43. The number of piperidine rings is 1. The molecule has 0 radical (unpaired) electrons. The quantitative estimate of drug-likeness (QED) is 0.791. The Kier molecular flexibility index (Phi) is 5.38. The third kappa shape index (κ3) is 4.38. The summed E-state index contributed by atoms with van der Waals surface area (Å²) in [4.78, 5) is 14.2. The fraction of sp³-hybridized carbons (Fsp3) is 0.533. The van der Waals surface area contributed by atoms with Gasteiger partial charge in [-0.2, -0.15) is 13.2 Å². The van der Waals surface area contributed by atoms with Crippen LogP contribution in [-0.2, 0) is 16.2 Å². The Morgan fingerprint density at radius 1 is 1.30 bits per heavy atom. The maximum absolute atomic E-state index is 13.2. The molecule has 0 spiro atoms. The number of rotatable bonds is 5. The first kappa shape index (κ1) is 19.5. The average molecular weight is 404 g/mol. The van der Waals surface area contributed by atoms with Crippen LogP contribution in [0.4, 0.5) is 19.1 Å².